The molecule has 2 aromatic rings. The molecule has 1 saturated carbocycles. The lowest BCUT2D eigenvalue weighted by atomic mass is 9.95. The van der Waals surface area contributed by atoms with Crippen LogP contribution in [0.25, 0.3) is 0 Å². The fraction of sp³-hybridized carbons (Fsp3) is 0.462. The Kier molecular flexibility index (Phi) is 9.62. The maximum atomic E-state index is 13.6. The number of nitrogens with one attached hydrogen (secondary N) is 1. The molecule has 1 fully saturated rings. The third-order valence-corrected chi connectivity index (χ3v) is 7.79. The number of benzene rings is 2. The number of methoxy groups -OCH3 is 1. The van der Waals surface area contributed by atoms with Gasteiger partial charge in [0.25, 0.3) is 0 Å². The molecule has 2 amide bonds. The third kappa shape index (κ3) is 7.61. The molecule has 0 aromatic heterocycles. The van der Waals surface area contributed by atoms with Gasteiger partial charge in [0.2, 0.25) is 21.8 Å². The summed E-state index contributed by atoms with van der Waals surface area (Å²) in [6, 6.07) is 12.7. The highest BCUT2D eigenvalue weighted by atomic mass is 35.5. The van der Waals surface area contributed by atoms with E-state index >= 15 is 0 Å². The number of hydrogen-bond donors (Lipinski definition) is 1. The van der Waals surface area contributed by atoms with Gasteiger partial charge in [-0.3, -0.25) is 13.9 Å². The SMILES string of the molecule is COc1cccc(CN(C(=O)CN(c2ccc(Cl)cc2)S(C)(=O)=O)[C@H](C)C(=O)NC2CCCCC2)c1. The first-order valence-electron chi connectivity index (χ1n) is 12.0. The maximum absolute atomic E-state index is 13.6. The molecule has 0 heterocycles. The summed E-state index contributed by atoms with van der Waals surface area (Å²) >= 11 is 5.96. The van der Waals surface area contributed by atoms with Crippen LogP contribution in [-0.4, -0.2) is 57.1 Å². The highest BCUT2D eigenvalue weighted by molar-refractivity contribution is 7.92. The van der Waals surface area contributed by atoms with Crippen molar-refractivity contribution >= 4 is 39.1 Å². The van der Waals surface area contributed by atoms with E-state index in [2.05, 4.69) is 5.32 Å². The predicted octanol–water partition coefficient (Wildman–Crippen LogP) is 3.98. The Morgan fingerprint density at radius 2 is 1.78 bits per heavy atom. The van der Waals surface area contributed by atoms with E-state index in [4.69, 9.17) is 16.3 Å². The normalized spacial score (nSPS) is 15.1. The number of rotatable bonds is 10. The molecule has 0 aliphatic heterocycles. The summed E-state index contributed by atoms with van der Waals surface area (Å²) in [6.45, 7) is 1.34. The van der Waals surface area contributed by atoms with Crippen LogP contribution >= 0.6 is 11.6 Å². The van der Waals surface area contributed by atoms with E-state index in [1.807, 2.05) is 6.07 Å². The van der Waals surface area contributed by atoms with Gasteiger partial charge in [0.1, 0.15) is 18.3 Å². The molecule has 2 aromatic carbocycles. The lowest BCUT2D eigenvalue weighted by molar-refractivity contribution is -0.139. The van der Waals surface area contributed by atoms with Gasteiger partial charge < -0.3 is 15.0 Å². The van der Waals surface area contributed by atoms with Crippen molar-refractivity contribution < 1.29 is 22.7 Å². The number of ether oxygens (including phenoxy) is 1. The summed E-state index contributed by atoms with van der Waals surface area (Å²) in [4.78, 5) is 28.2. The molecule has 0 spiro atoms. The van der Waals surface area contributed by atoms with E-state index in [0.717, 1.165) is 48.2 Å². The molecule has 36 heavy (non-hydrogen) atoms. The molecule has 1 atom stereocenters. The number of carbonyl (C=O) groups excluding carboxylic acids is 2. The van der Waals surface area contributed by atoms with E-state index in [1.165, 1.54) is 4.90 Å². The molecule has 8 nitrogen and oxygen atoms in total. The summed E-state index contributed by atoms with van der Waals surface area (Å²) in [5.74, 6) is -0.127. The summed E-state index contributed by atoms with van der Waals surface area (Å²) < 4.78 is 31.5. The smallest absolute Gasteiger partial charge is 0.244 e. The highest BCUT2D eigenvalue weighted by Gasteiger charge is 2.31. The molecular weight excluding hydrogens is 502 g/mol. The van der Waals surface area contributed by atoms with Crippen LogP contribution in [0.1, 0.15) is 44.6 Å². The van der Waals surface area contributed by atoms with Gasteiger partial charge in [0.15, 0.2) is 0 Å². The first-order valence-corrected chi connectivity index (χ1v) is 14.3. The third-order valence-electron chi connectivity index (χ3n) is 6.40. The van der Waals surface area contributed by atoms with Crippen LogP contribution in [0.2, 0.25) is 5.02 Å². The van der Waals surface area contributed by atoms with Crippen LogP contribution in [0.15, 0.2) is 48.5 Å². The minimum absolute atomic E-state index is 0.0871. The maximum Gasteiger partial charge on any atom is 0.244 e. The molecule has 0 bridgehead atoms. The van der Waals surface area contributed by atoms with Crippen molar-refractivity contribution in [3.63, 3.8) is 0 Å². The molecule has 0 unspecified atom stereocenters. The van der Waals surface area contributed by atoms with Crippen LogP contribution in [-0.2, 0) is 26.2 Å². The number of amides is 2. The van der Waals surface area contributed by atoms with Gasteiger partial charge in [-0.2, -0.15) is 0 Å². The van der Waals surface area contributed by atoms with Crippen LogP contribution in [0.4, 0.5) is 5.69 Å². The second kappa shape index (κ2) is 12.5. The Morgan fingerprint density at radius 1 is 1.11 bits per heavy atom. The van der Waals surface area contributed by atoms with Gasteiger partial charge in [-0.15, -0.1) is 0 Å². The van der Waals surface area contributed by atoms with E-state index < -0.39 is 28.5 Å². The molecule has 1 aliphatic rings. The highest BCUT2D eigenvalue weighted by Crippen LogP contribution is 2.23. The molecule has 10 heteroatoms. The molecule has 196 valence electrons. The number of sulfonamides is 1. The fourth-order valence-corrected chi connectivity index (χ4v) is 5.32. The predicted molar refractivity (Wildman–Crippen MR) is 142 cm³/mol. The summed E-state index contributed by atoms with van der Waals surface area (Å²) in [7, 11) is -2.24. The van der Waals surface area contributed by atoms with Crippen LogP contribution in [0.3, 0.4) is 0 Å². The average Bonchev–Trinajstić information content (AvgIpc) is 2.86. The average molecular weight is 536 g/mol. The number of carbonyl (C=O) groups is 2. The fourth-order valence-electron chi connectivity index (χ4n) is 4.34. The Balaban J connectivity index is 1.87. The topological polar surface area (TPSA) is 96.0 Å². The van der Waals surface area contributed by atoms with Gasteiger partial charge in [-0.25, -0.2) is 8.42 Å². The second-order valence-corrected chi connectivity index (χ2v) is 11.5. The van der Waals surface area contributed by atoms with E-state index in [-0.39, 0.29) is 18.5 Å². The zero-order chi connectivity index (χ0) is 26.3. The van der Waals surface area contributed by atoms with E-state index in [1.54, 1.807) is 56.5 Å². The second-order valence-electron chi connectivity index (χ2n) is 9.14. The molecule has 0 radical (unpaired) electrons. The molecule has 0 saturated heterocycles. The first-order chi connectivity index (χ1) is 17.1. The monoisotopic (exact) mass is 535 g/mol. The van der Waals surface area contributed by atoms with Crippen molar-refractivity contribution in [1.29, 1.82) is 0 Å². The Labute approximate surface area is 218 Å². The quantitative estimate of drug-likeness (QED) is 0.496. The van der Waals surface area contributed by atoms with Crippen LogP contribution < -0.4 is 14.4 Å². The van der Waals surface area contributed by atoms with Gasteiger partial charge in [0.05, 0.1) is 19.1 Å². The number of hydrogen-bond acceptors (Lipinski definition) is 5. The minimum Gasteiger partial charge on any atom is -0.497 e. The van der Waals surface area contributed by atoms with Crippen molar-refractivity contribution in [3.8, 4) is 5.75 Å². The zero-order valence-electron chi connectivity index (χ0n) is 20.9. The number of halogens is 1. The van der Waals surface area contributed by atoms with Crippen LogP contribution in [0.5, 0.6) is 5.75 Å². The van der Waals surface area contributed by atoms with E-state index in [0.29, 0.717) is 16.5 Å². The standard InChI is InChI=1S/C26H34ClN3O5S/c1-19(26(32)28-22-9-5-4-6-10-22)29(17-20-8-7-11-24(16-20)35-2)25(31)18-30(36(3,33)34)23-14-12-21(27)13-15-23/h7-8,11-16,19,22H,4-6,9-10,17-18H2,1-3H3,(H,28,32)/t19-/m1/s1. The zero-order valence-corrected chi connectivity index (χ0v) is 22.5. The van der Waals surface area contributed by atoms with Crippen molar-refractivity contribution in [1.82, 2.24) is 10.2 Å². The lowest BCUT2D eigenvalue weighted by Gasteiger charge is -2.33. The van der Waals surface area contributed by atoms with Crippen molar-refractivity contribution in [3.05, 3.63) is 59.1 Å². The van der Waals surface area contributed by atoms with Crippen molar-refractivity contribution in [2.24, 2.45) is 0 Å². The van der Waals surface area contributed by atoms with Gasteiger partial charge in [-0.1, -0.05) is 43.0 Å². The summed E-state index contributed by atoms with van der Waals surface area (Å²) in [5, 5.41) is 3.53. The van der Waals surface area contributed by atoms with Crippen molar-refractivity contribution in [2.75, 3.05) is 24.2 Å². The van der Waals surface area contributed by atoms with E-state index in [9.17, 15) is 18.0 Å². The number of nitrogens with zero attached hydrogens (tertiary/aromatic N) is 2. The van der Waals surface area contributed by atoms with Gasteiger partial charge in [0, 0.05) is 17.6 Å². The molecule has 1 aliphatic carbocycles. The number of anilines is 1. The first kappa shape index (κ1) is 27.8. The van der Waals surface area contributed by atoms with Crippen LogP contribution in [0, 0.1) is 0 Å². The van der Waals surface area contributed by atoms with Gasteiger partial charge >= 0.3 is 0 Å². The van der Waals surface area contributed by atoms with Crippen molar-refractivity contribution in [2.45, 2.75) is 57.7 Å². The summed E-state index contributed by atoms with van der Waals surface area (Å²) in [6.07, 6.45) is 6.17. The Bertz CT molecular complexity index is 1150. The molecule has 1 N–H and O–H groups in total. The largest absolute Gasteiger partial charge is 0.497 e. The lowest BCUT2D eigenvalue weighted by Crippen LogP contribution is -2.52. The summed E-state index contributed by atoms with van der Waals surface area (Å²) in [5.41, 5.74) is 1.08. The Hall–Kier alpha value is -2.78. The minimum atomic E-state index is -3.79. The Morgan fingerprint density at radius 3 is 2.39 bits per heavy atom. The molecular formula is C26H34ClN3O5S. The van der Waals surface area contributed by atoms with Gasteiger partial charge in [-0.05, 0) is 61.7 Å². The molecule has 3 rings (SSSR count).